The van der Waals surface area contributed by atoms with Gasteiger partial charge in [0.1, 0.15) is 15.8 Å². The molecule has 0 aliphatic carbocycles. The Morgan fingerprint density at radius 3 is 2.68 bits per heavy atom. The van der Waals surface area contributed by atoms with Crippen molar-refractivity contribution >= 4 is 49.5 Å². The molecule has 0 radical (unpaired) electrons. The molecule has 8 nitrogen and oxygen atoms in total. The fourth-order valence-corrected chi connectivity index (χ4v) is 4.43. The van der Waals surface area contributed by atoms with Crippen LogP contribution in [0.2, 0.25) is 0 Å². The van der Waals surface area contributed by atoms with E-state index in [1.165, 1.54) is 16.9 Å². The maximum absolute atomic E-state index is 11.5. The van der Waals surface area contributed by atoms with Crippen molar-refractivity contribution in [1.29, 1.82) is 0 Å². The van der Waals surface area contributed by atoms with E-state index in [-0.39, 0.29) is 0 Å². The monoisotopic (exact) mass is 436 g/mol. The minimum atomic E-state index is -3.09. The van der Waals surface area contributed by atoms with Crippen molar-refractivity contribution in [3.63, 3.8) is 0 Å². The molecule has 0 aromatic carbocycles. The van der Waals surface area contributed by atoms with Crippen LogP contribution in [0.15, 0.2) is 6.33 Å². The number of anilines is 1. The maximum atomic E-state index is 11.5. The summed E-state index contributed by atoms with van der Waals surface area (Å²) in [6, 6.07) is 0. The SMILES string of the molecule is CS(=O)(=O)N1CCC(Cn2nc(I)c3c(N)ncnc32)CC1. The molecule has 2 aromatic heterocycles. The average Bonchev–Trinajstić information content (AvgIpc) is 2.76. The second-order valence-electron chi connectivity index (χ2n) is 5.54. The van der Waals surface area contributed by atoms with E-state index in [9.17, 15) is 8.42 Å². The normalized spacial score (nSPS) is 18.1. The summed E-state index contributed by atoms with van der Waals surface area (Å²) in [5, 5.41) is 5.29. The number of nitrogens with two attached hydrogens (primary N) is 1. The van der Waals surface area contributed by atoms with Crippen molar-refractivity contribution in [1.82, 2.24) is 24.1 Å². The van der Waals surface area contributed by atoms with Gasteiger partial charge in [0.25, 0.3) is 0 Å². The van der Waals surface area contributed by atoms with Gasteiger partial charge in [-0.15, -0.1) is 0 Å². The summed E-state index contributed by atoms with van der Waals surface area (Å²) in [4.78, 5) is 8.28. The smallest absolute Gasteiger partial charge is 0.211 e. The summed E-state index contributed by atoms with van der Waals surface area (Å²) in [5.74, 6) is 0.820. The summed E-state index contributed by atoms with van der Waals surface area (Å²) in [6.45, 7) is 1.85. The topological polar surface area (TPSA) is 107 Å². The van der Waals surface area contributed by atoms with E-state index in [0.29, 0.717) is 31.4 Å². The Bertz CT molecular complexity index is 797. The molecule has 0 saturated carbocycles. The number of nitrogen functional groups attached to an aromatic ring is 1. The molecule has 0 amide bonds. The van der Waals surface area contributed by atoms with Gasteiger partial charge in [-0.05, 0) is 41.4 Å². The van der Waals surface area contributed by atoms with Gasteiger partial charge in [0, 0.05) is 19.6 Å². The molecule has 1 saturated heterocycles. The summed E-state index contributed by atoms with van der Waals surface area (Å²) in [6.07, 6.45) is 4.35. The van der Waals surface area contributed by atoms with Gasteiger partial charge >= 0.3 is 0 Å². The van der Waals surface area contributed by atoms with Crippen LogP contribution in [0.5, 0.6) is 0 Å². The van der Waals surface area contributed by atoms with Gasteiger partial charge in [-0.1, -0.05) is 0 Å². The van der Waals surface area contributed by atoms with E-state index < -0.39 is 10.0 Å². The number of aromatic nitrogens is 4. The van der Waals surface area contributed by atoms with Crippen molar-refractivity contribution in [2.45, 2.75) is 19.4 Å². The van der Waals surface area contributed by atoms with E-state index in [2.05, 4.69) is 37.7 Å². The molecule has 3 heterocycles. The van der Waals surface area contributed by atoms with Gasteiger partial charge in [-0.25, -0.2) is 27.4 Å². The molecule has 10 heteroatoms. The number of piperidine rings is 1. The molecule has 0 spiro atoms. The largest absolute Gasteiger partial charge is 0.383 e. The van der Waals surface area contributed by atoms with Gasteiger partial charge in [0.15, 0.2) is 5.65 Å². The van der Waals surface area contributed by atoms with Crippen LogP contribution in [0, 0.1) is 9.62 Å². The van der Waals surface area contributed by atoms with Gasteiger partial charge in [-0.2, -0.15) is 5.10 Å². The zero-order valence-electron chi connectivity index (χ0n) is 12.1. The highest BCUT2D eigenvalue weighted by atomic mass is 127. The van der Waals surface area contributed by atoms with Crippen LogP contribution in [-0.2, 0) is 16.6 Å². The third kappa shape index (κ3) is 3.04. The minimum Gasteiger partial charge on any atom is -0.383 e. The zero-order valence-corrected chi connectivity index (χ0v) is 15.1. The first-order chi connectivity index (χ1) is 10.4. The van der Waals surface area contributed by atoms with Crippen molar-refractivity contribution in [2.24, 2.45) is 5.92 Å². The number of hydrogen-bond acceptors (Lipinski definition) is 6. The first kappa shape index (κ1) is 15.9. The number of nitrogens with zero attached hydrogens (tertiary/aromatic N) is 5. The lowest BCUT2D eigenvalue weighted by molar-refractivity contribution is 0.250. The Morgan fingerprint density at radius 2 is 2.05 bits per heavy atom. The predicted molar refractivity (Wildman–Crippen MR) is 91.6 cm³/mol. The van der Waals surface area contributed by atoms with Crippen LogP contribution in [0.3, 0.4) is 0 Å². The molecule has 0 atom stereocenters. The lowest BCUT2D eigenvalue weighted by atomic mass is 9.98. The number of rotatable bonds is 3. The Morgan fingerprint density at radius 1 is 1.36 bits per heavy atom. The molecule has 22 heavy (non-hydrogen) atoms. The molecule has 0 unspecified atom stereocenters. The number of fused-ring (bicyclic) bond motifs is 1. The first-order valence-corrected chi connectivity index (χ1v) is 9.86. The predicted octanol–water partition coefficient (Wildman–Crippen LogP) is 0.685. The second kappa shape index (κ2) is 5.89. The second-order valence-corrected chi connectivity index (χ2v) is 8.54. The summed E-state index contributed by atoms with van der Waals surface area (Å²) in [7, 11) is -3.09. The highest BCUT2D eigenvalue weighted by Gasteiger charge is 2.26. The quantitative estimate of drug-likeness (QED) is 0.710. The molecular weight excluding hydrogens is 419 g/mol. The van der Waals surface area contributed by atoms with Gasteiger partial charge in [-0.3, -0.25) is 0 Å². The van der Waals surface area contributed by atoms with Crippen LogP contribution in [0.1, 0.15) is 12.8 Å². The third-order valence-electron chi connectivity index (χ3n) is 3.99. The average molecular weight is 436 g/mol. The molecule has 0 bridgehead atoms. The van der Waals surface area contributed by atoms with Gasteiger partial charge in [0.2, 0.25) is 10.0 Å². The van der Waals surface area contributed by atoms with Crippen molar-refractivity contribution in [2.75, 3.05) is 25.1 Å². The van der Waals surface area contributed by atoms with Crippen LogP contribution in [0.25, 0.3) is 11.0 Å². The highest BCUT2D eigenvalue weighted by molar-refractivity contribution is 14.1. The van der Waals surface area contributed by atoms with E-state index in [1.807, 2.05) is 4.68 Å². The third-order valence-corrected chi connectivity index (χ3v) is 6.05. The summed E-state index contributed by atoms with van der Waals surface area (Å²) >= 11 is 2.13. The highest BCUT2D eigenvalue weighted by Crippen LogP contribution is 2.26. The summed E-state index contributed by atoms with van der Waals surface area (Å²) in [5.41, 5.74) is 6.63. The molecule has 1 aliphatic rings. The number of halogens is 1. The fraction of sp³-hybridized carbons (Fsp3) is 0.583. The van der Waals surface area contributed by atoms with Crippen LogP contribution >= 0.6 is 22.6 Å². The molecular formula is C12H17IN6O2S. The molecule has 1 fully saturated rings. The van der Waals surface area contributed by atoms with E-state index in [0.717, 1.165) is 27.6 Å². The molecule has 1 aliphatic heterocycles. The van der Waals surface area contributed by atoms with Crippen LogP contribution in [-0.4, -0.2) is 51.8 Å². The Hall–Kier alpha value is -1.01. The summed E-state index contributed by atoms with van der Waals surface area (Å²) < 4.78 is 27.3. The molecule has 3 rings (SSSR count). The van der Waals surface area contributed by atoms with Gasteiger partial charge < -0.3 is 5.73 Å². The standard InChI is InChI=1S/C12H17IN6O2S/c1-22(20,21)18-4-2-8(3-5-18)6-19-12-9(10(13)17-19)11(14)15-7-16-12/h7-8H,2-6H2,1H3,(H2,14,15,16). The number of sulfonamides is 1. The van der Waals surface area contributed by atoms with Crippen molar-refractivity contribution < 1.29 is 8.42 Å². The Kier molecular flexibility index (Phi) is 4.25. The first-order valence-electron chi connectivity index (χ1n) is 6.94. The lowest BCUT2D eigenvalue weighted by Crippen LogP contribution is -2.38. The van der Waals surface area contributed by atoms with E-state index >= 15 is 0 Å². The molecule has 120 valence electrons. The lowest BCUT2D eigenvalue weighted by Gasteiger charge is -2.30. The zero-order chi connectivity index (χ0) is 15.9. The van der Waals surface area contributed by atoms with Crippen LogP contribution in [0.4, 0.5) is 5.82 Å². The molecule has 2 aromatic rings. The Balaban J connectivity index is 1.77. The maximum Gasteiger partial charge on any atom is 0.211 e. The molecule has 2 N–H and O–H groups in total. The minimum absolute atomic E-state index is 0.382. The Labute approximate surface area is 142 Å². The van der Waals surface area contributed by atoms with E-state index in [4.69, 9.17) is 5.73 Å². The van der Waals surface area contributed by atoms with Crippen LogP contribution < -0.4 is 5.73 Å². The number of hydrogen-bond donors (Lipinski definition) is 1. The fourth-order valence-electron chi connectivity index (χ4n) is 2.78. The van der Waals surface area contributed by atoms with Crippen molar-refractivity contribution in [3.8, 4) is 0 Å². The van der Waals surface area contributed by atoms with Crippen molar-refractivity contribution in [3.05, 3.63) is 10.0 Å². The van der Waals surface area contributed by atoms with Gasteiger partial charge in [0.05, 0.1) is 11.6 Å². The van der Waals surface area contributed by atoms with E-state index in [1.54, 1.807) is 0 Å².